The van der Waals surface area contributed by atoms with Crippen LogP contribution in [0.25, 0.3) is 0 Å². The van der Waals surface area contributed by atoms with Crippen LogP contribution in [0.4, 0.5) is 5.69 Å². The first-order valence-electron chi connectivity index (χ1n) is 9.01. The summed E-state index contributed by atoms with van der Waals surface area (Å²) in [6, 6.07) is 10.9. The Hall–Kier alpha value is -2.15. The number of nitro benzene ring substituents is 1. The van der Waals surface area contributed by atoms with Crippen molar-refractivity contribution in [3.05, 3.63) is 68.2 Å². The van der Waals surface area contributed by atoms with Crippen LogP contribution < -0.4 is 10.1 Å². The molecule has 0 aromatic heterocycles. The minimum Gasteiger partial charge on any atom is -0.467 e. The van der Waals surface area contributed by atoms with Gasteiger partial charge in [-0.2, -0.15) is 0 Å². The van der Waals surface area contributed by atoms with Gasteiger partial charge in [0, 0.05) is 40.4 Å². The van der Waals surface area contributed by atoms with Gasteiger partial charge in [-0.05, 0) is 30.5 Å². The fourth-order valence-corrected chi connectivity index (χ4v) is 3.69. The average Bonchev–Trinajstić information content (AvgIpc) is 2.69. The summed E-state index contributed by atoms with van der Waals surface area (Å²) < 4.78 is 10.9. The van der Waals surface area contributed by atoms with E-state index in [1.54, 1.807) is 6.07 Å². The van der Waals surface area contributed by atoms with Crippen molar-refractivity contribution in [3.63, 3.8) is 0 Å². The number of ether oxygens (including phenoxy) is 2. The van der Waals surface area contributed by atoms with Gasteiger partial charge in [0.05, 0.1) is 11.5 Å². The molecular formula is C20H23ClN2O4. The number of hydrogen-bond donors (Lipinski definition) is 1. The minimum atomic E-state index is -0.384. The molecule has 0 atom stereocenters. The zero-order chi connectivity index (χ0) is 19.4. The molecule has 0 spiro atoms. The van der Waals surface area contributed by atoms with E-state index in [1.165, 1.54) is 6.07 Å². The summed E-state index contributed by atoms with van der Waals surface area (Å²) in [6.07, 6.45) is 1.73. The molecule has 0 amide bonds. The lowest BCUT2D eigenvalue weighted by Crippen LogP contribution is -2.41. The first-order chi connectivity index (χ1) is 13.0. The number of benzene rings is 2. The predicted molar refractivity (Wildman–Crippen MR) is 104 cm³/mol. The van der Waals surface area contributed by atoms with E-state index >= 15 is 0 Å². The van der Waals surface area contributed by atoms with Gasteiger partial charge in [-0.1, -0.05) is 37.6 Å². The van der Waals surface area contributed by atoms with Crippen LogP contribution in [0.3, 0.4) is 0 Å². The Morgan fingerprint density at radius 2 is 1.93 bits per heavy atom. The first-order valence-corrected chi connectivity index (χ1v) is 9.38. The fraction of sp³-hybridized carbons (Fsp3) is 0.400. The number of non-ortho nitro benzene ring substituents is 1. The van der Waals surface area contributed by atoms with Crippen molar-refractivity contribution in [2.75, 3.05) is 6.79 Å². The van der Waals surface area contributed by atoms with Gasteiger partial charge >= 0.3 is 0 Å². The van der Waals surface area contributed by atoms with Crippen LogP contribution in [-0.4, -0.2) is 11.7 Å². The van der Waals surface area contributed by atoms with Gasteiger partial charge in [0.1, 0.15) is 5.75 Å². The van der Waals surface area contributed by atoms with E-state index in [-0.39, 0.29) is 22.9 Å². The van der Waals surface area contributed by atoms with Crippen LogP contribution in [0.1, 0.15) is 43.4 Å². The molecule has 0 saturated heterocycles. The third kappa shape index (κ3) is 4.08. The molecule has 2 aromatic carbocycles. The third-order valence-electron chi connectivity index (χ3n) is 5.20. The molecule has 1 aliphatic rings. The summed E-state index contributed by atoms with van der Waals surface area (Å²) in [5, 5.41) is 15.6. The van der Waals surface area contributed by atoms with Gasteiger partial charge in [-0.3, -0.25) is 10.1 Å². The fourth-order valence-electron chi connectivity index (χ4n) is 3.56. The highest BCUT2D eigenvalue weighted by Gasteiger charge is 2.29. The normalized spacial score (nSPS) is 13.7. The summed E-state index contributed by atoms with van der Waals surface area (Å²) >= 11 is 6.03. The molecule has 27 heavy (non-hydrogen) atoms. The van der Waals surface area contributed by atoms with Gasteiger partial charge in [-0.15, -0.1) is 0 Å². The molecule has 3 rings (SSSR count). The van der Waals surface area contributed by atoms with Gasteiger partial charge < -0.3 is 14.8 Å². The van der Waals surface area contributed by atoms with Crippen molar-refractivity contribution in [2.24, 2.45) is 0 Å². The van der Waals surface area contributed by atoms with E-state index in [0.717, 1.165) is 24.0 Å². The molecule has 1 N–H and O–H groups in total. The van der Waals surface area contributed by atoms with E-state index in [0.29, 0.717) is 29.5 Å². The number of nitrogens with one attached hydrogen (secondary N) is 1. The summed E-state index contributed by atoms with van der Waals surface area (Å²) in [6.45, 7) is 5.17. The van der Waals surface area contributed by atoms with Crippen molar-refractivity contribution < 1.29 is 14.4 Å². The molecule has 0 radical (unpaired) electrons. The quantitative estimate of drug-likeness (QED) is 0.536. The Labute approximate surface area is 163 Å². The molecule has 7 heteroatoms. The van der Waals surface area contributed by atoms with Gasteiger partial charge in [0.2, 0.25) is 0 Å². The molecule has 2 aromatic rings. The van der Waals surface area contributed by atoms with Crippen LogP contribution in [-0.2, 0) is 23.4 Å². The zero-order valence-corrected chi connectivity index (χ0v) is 16.2. The molecule has 1 heterocycles. The largest absolute Gasteiger partial charge is 0.467 e. The number of fused-ring (bicyclic) bond motifs is 1. The van der Waals surface area contributed by atoms with E-state index < -0.39 is 0 Å². The highest BCUT2D eigenvalue weighted by Crippen LogP contribution is 2.35. The molecule has 0 unspecified atom stereocenters. The molecular weight excluding hydrogens is 368 g/mol. The lowest BCUT2D eigenvalue weighted by Gasteiger charge is -2.34. The summed E-state index contributed by atoms with van der Waals surface area (Å²) in [5.74, 6) is 0.677. The van der Waals surface area contributed by atoms with Crippen LogP contribution in [0, 0.1) is 10.1 Å². The Bertz CT molecular complexity index is 819. The van der Waals surface area contributed by atoms with Crippen molar-refractivity contribution in [2.45, 2.75) is 45.4 Å². The first kappa shape index (κ1) is 19.6. The molecule has 0 fully saturated rings. The van der Waals surface area contributed by atoms with E-state index in [9.17, 15) is 10.1 Å². The average molecular weight is 391 g/mol. The third-order valence-corrected chi connectivity index (χ3v) is 5.46. The second-order valence-corrected chi connectivity index (χ2v) is 7.05. The van der Waals surface area contributed by atoms with Gasteiger partial charge in [0.25, 0.3) is 5.69 Å². The molecule has 0 bridgehead atoms. The lowest BCUT2D eigenvalue weighted by atomic mass is 9.84. The number of nitrogens with zero attached hydrogens (tertiary/aromatic N) is 1. The predicted octanol–water partition coefficient (Wildman–Crippen LogP) is 4.92. The maximum absolute atomic E-state index is 11.3. The monoisotopic (exact) mass is 390 g/mol. The zero-order valence-electron chi connectivity index (χ0n) is 15.5. The SMILES string of the molecule is CCC(CC)(NCc1cc([N+](=O)[O-])cc2c1OCOC2)c1ccc(Cl)cc1. The summed E-state index contributed by atoms with van der Waals surface area (Å²) in [7, 11) is 0. The minimum absolute atomic E-state index is 0.0461. The topological polar surface area (TPSA) is 73.6 Å². The Kier molecular flexibility index (Phi) is 5.99. The van der Waals surface area contributed by atoms with Crippen LogP contribution >= 0.6 is 11.6 Å². The Balaban J connectivity index is 1.92. The van der Waals surface area contributed by atoms with E-state index in [1.807, 2.05) is 24.3 Å². The lowest BCUT2D eigenvalue weighted by molar-refractivity contribution is -0.385. The molecule has 1 aliphatic heterocycles. The standard InChI is InChI=1S/C20H23ClN2O4/c1-3-20(4-2,16-5-7-17(21)8-6-16)22-11-14-9-18(23(24)25)10-15-12-26-13-27-19(14)15/h5-10,22H,3-4,11-13H2,1-2H3. The van der Waals surface area contributed by atoms with Crippen LogP contribution in [0.5, 0.6) is 5.75 Å². The number of nitro groups is 1. The van der Waals surface area contributed by atoms with Gasteiger partial charge in [-0.25, -0.2) is 0 Å². The molecule has 144 valence electrons. The number of halogens is 1. The Morgan fingerprint density at radius 1 is 1.22 bits per heavy atom. The van der Waals surface area contributed by atoms with Crippen LogP contribution in [0.2, 0.25) is 5.02 Å². The van der Waals surface area contributed by atoms with Crippen molar-refractivity contribution >= 4 is 17.3 Å². The smallest absolute Gasteiger partial charge is 0.270 e. The maximum atomic E-state index is 11.3. The maximum Gasteiger partial charge on any atom is 0.270 e. The van der Waals surface area contributed by atoms with Crippen molar-refractivity contribution in [1.82, 2.24) is 5.32 Å². The van der Waals surface area contributed by atoms with Crippen LogP contribution in [0.15, 0.2) is 36.4 Å². The van der Waals surface area contributed by atoms with Gasteiger partial charge in [0.15, 0.2) is 6.79 Å². The van der Waals surface area contributed by atoms with Crippen molar-refractivity contribution in [1.29, 1.82) is 0 Å². The Morgan fingerprint density at radius 3 is 2.56 bits per heavy atom. The highest BCUT2D eigenvalue weighted by atomic mass is 35.5. The summed E-state index contributed by atoms with van der Waals surface area (Å²) in [4.78, 5) is 10.9. The number of rotatable bonds is 7. The number of hydrogen-bond acceptors (Lipinski definition) is 5. The summed E-state index contributed by atoms with van der Waals surface area (Å²) in [5.41, 5.74) is 2.40. The molecule has 6 nitrogen and oxygen atoms in total. The van der Waals surface area contributed by atoms with E-state index in [2.05, 4.69) is 19.2 Å². The second kappa shape index (κ2) is 8.25. The molecule has 0 saturated carbocycles. The highest BCUT2D eigenvalue weighted by molar-refractivity contribution is 6.30. The molecule has 0 aliphatic carbocycles. The van der Waals surface area contributed by atoms with E-state index in [4.69, 9.17) is 21.1 Å². The van der Waals surface area contributed by atoms with Crippen molar-refractivity contribution in [3.8, 4) is 5.75 Å². The second-order valence-electron chi connectivity index (χ2n) is 6.61.